The molecule has 0 saturated carbocycles. The number of aliphatic hydroxyl groups is 1. The topological polar surface area (TPSA) is 78.4 Å². The summed E-state index contributed by atoms with van der Waals surface area (Å²) in [4.78, 5) is 22.7. The van der Waals surface area contributed by atoms with Crippen molar-refractivity contribution in [1.82, 2.24) is 14.9 Å². The predicted molar refractivity (Wildman–Crippen MR) is 90.4 cm³/mol. The number of anilines is 1. The molecule has 0 aromatic carbocycles. The van der Waals surface area contributed by atoms with Crippen molar-refractivity contribution >= 4 is 12.0 Å². The number of nitrogens with one attached hydrogen (secondary N) is 1. The van der Waals surface area contributed by atoms with Crippen LogP contribution in [-0.2, 0) is 5.41 Å². The monoisotopic (exact) mass is 320 g/mol. The molecule has 6 heteroatoms. The van der Waals surface area contributed by atoms with E-state index < -0.39 is 0 Å². The van der Waals surface area contributed by atoms with E-state index >= 15 is 0 Å². The zero-order valence-electron chi connectivity index (χ0n) is 14.6. The third kappa shape index (κ3) is 4.19. The largest absolute Gasteiger partial charge is 0.396 e. The summed E-state index contributed by atoms with van der Waals surface area (Å²) < 4.78 is 0. The maximum absolute atomic E-state index is 12.4. The van der Waals surface area contributed by atoms with Gasteiger partial charge in [-0.2, -0.15) is 0 Å². The van der Waals surface area contributed by atoms with Gasteiger partial charge in [0.25, 0.3) is 0 Å². The number of hydrogen-bond donors (Lipinski definition) is 2. The Morgan fingerprint density at radius 1 is 1.39 bits per heavy atom. The van der Waals surface area contributed by atoms with Crippen LogP contribution in [0.15, 0.2) is 12.3 Å². The number of amides is 2. The van der Waals surface area contributed by atoms with E-state index in [1.54, 1.807) is 11.1 Å². The summed E-state index contributed by atoms with van der Waals surface area (Å²) in [6.45, 7) is 9.81. The van der Waals surface area contributed by atoms with Crippen molar-refractivity contribution in [3.8, 4) is 0 Å². The molecule has 23 heavy (non-hydrogen) atoms. The highest BCUT2D eigenvalue weighted by Gasteiger charge is 2.34. The number of carbonyl (C=O) groups excluding carboxylic acids is 1. The molecule has 2 amide bonds. The molecule has 2 N–H and O–H groups in total. The molecule has 6 nitrogen and oxygen atoms in total. The van der Waals surface area contributed by atoms with Gasteiger partial charge in [-0.3, -0.25) is 5.32 Å². The Hall–Kier alpha value is -1.69. The van der Waals surface area contributed by atoms with Gasteiger partial charge < -0.3 is 10.0 Å². The summed E-state index contributed by atoms with van der Waals surface area (Å²) in [5.74, 6) is 0.344. The first-order chi connectivity index (χ1) is 10.8. The van der Waals surface area contributed by atoms with Gasteiger partial charge >= 0.3 is 6.03 Å². The van der Waals surface area contributed by atoms with E-state index in [9.17, 15) is 9.90 Å². The first-order valence-corrected chi connectivity index (χ1v) is 8.30. The number of rotatable bonds is 3. The maximum atomic E-state index is 12.4. The lowest BCUT2D eigenvalue weighted by Crippen LogP contribution is -2.46. The predicted octanol–water partition coefficient (Wildman–Crippen LogP) is 2.79. The lowest BCUT2D eigenvalue weighted by Gasteiger charge is -2.40. The normalized spacial score (nSPS) is 17.9. The summed E-state index contributed by atoms with van der Waals surface area (Å²) in [5, 5.41) is 12.4. The lowest BCUT2D eigenvalue weighted by atomic mass is 9.77. The van der Waals surface area contributed by atoms with Gasteiger partial charge in [0, 0.05) is 31.3 Å². The Balaban J connectivity index is 1.98. The second kappa shape index (κ2) is 6.83. The molecule has 2 heterocycles. The molecule has 0 unspecified atom stereocenters. The summed E-state index contributed by atoms with van der Waals surface area (Å²) in [5.41, 5.74) is 0.779. The van der Waals surface area contributed by atoms with Crippen molar-refractivity contribution in [2.45, 2.75) is 52.4 Å². The average Bonchev–Trinajstić information content (AvgIpc) is 2.54. The molecule has 1 fully saturated rings. The average molecular weight is 320 g/mol. The van der Waals surface area contributed by atoms with Crippen LogP contribution in [0.4, 0.5) is 10.7 Å². The third-order valence-electron chi connectivity index (χ3n) is 4.84. The van der Waals surface area contributed by atoms with Crippen LogP contribution in [-0.4, -0.2) is 45.7 Å². The highest BCUT2D eigenvalue weighted by Crippen LogP contribution is 2.34. The fourth-order valence-corrected chi connectivity index (χ4v) is 2.82. The number of hydrogen-bond acceptors (Lipinski definition) is 4. The molecular weight excluding hydrogens is 292 g/mol. The number of piperidine rings is 1. The van der Waals surface area contributed by atoms with Crippen LogP contribution in [0.25, 0.3) is 0 Å². The van der Waals surface area contributed by atoms with E-state index in [0.29, 0.717) is 19.0 Å². The number of urea groups is 1. The highest BCUT2D eigenvalue weighted by atomic mass is 16.3. The molecule has 1 saturated heterocycles. The van der Waals surface area contributed by atoms with Gasteiger partial charge in [0.2, 0.25) is 5.95 Å². The van der Waals surface area contributed by atoms with E-state index in [1.807, 2.05) is 6.07 Å². The lowest BCUT2D eigenvalue weighted by molar-refractivity contribution is 0.0541. The molecule has 0 atom stereocenters. The van der Waals surface area contributed by atoms with E-state index in [0.717, 1.165) is 25.0 Å². The second-order valence-corrected chi connectivity index (χ2v) is 7.44. The van der Waals surface area contributed by atoms with Gasteiger partial charge in [-0.1, -0.05) is 27.7 Å². The summed E-state index contributed by atoms with van der Waals surface area (Å²) in [7, 11) is 0. The minimum atomic E-state index is -0.168. The molecular formula is C17H28N4O2. The Kier molecular flexibility index (Phi) is 5.24. The minimum absolute atomic E-state index is 0.0283. The number of aromatic nitrogens is 2. The SMILES string of the molecule is CCC1(CO)CCN(C(=O)Nc2nccc(C(C)(C)C)n2)CC1. The Morgan fingerprint density at radius 3 is 2.57 bits per heavy atom. The van der Waals surface area contributed by atoms with Crippen LogP contribution in [0, 0.1) is 5.41 Å². The zero-order chi connectivity index (χ0) is 17.1. The first kappa shape index (κ1) is 17.7. The zero-order valence-corrected chi connectivity index (χ0v) is 14.6. The standard InChI is InChI=1S/C17H28N4O2/c1-5-17(12-22)7-10-21(11-8-17)15(23)20-14-18-9-6-13(19-14)16(2,3)4/h6,9,22H,5,7-8,10-12H2,1-4H3,(H,18,19,20,23). The summed E-state index contributed by atoms with van der Waals surface area (Å²) >= 11 is 0. The molecule has 0 radical (unpaired) electrons. The molecule has 2 rings (SSSR count). The van der Waals surface area contributed by atoms with E-state index in [2.05, 4.69) is 43.0 Å². The molecule has 1 aromatic rings. The minimum Gasteiger partial charge on any atom is -0.396 e. The fourth-order valence-electron chi connectivity index (χ4n) is 2.82. The van der Waals surface area contributed by atoms with Gasteiger partial charge in [-0.25, -0.2) is 14.8 Å². The van der Waals surface area contributed by atoms with E-state index in [1.165, 1.54) is 0 Å². The van der Waals surface area contributed by atoms with Gasteiger partial charge in [0.15, 0.2) is 0 Å². The van der Waals surface area contributed by atoms with Gasteiger partial charge in [-0.05, 0) is 30.7 Å². The van der Waals surface area contributed by atoms with Crippen LogP contribution >= 0.6 is 0 Å². The molecule has 0 bridgehead atoms. The Morgan fingerprint density at radius 2 is 2.04 bits per heavy atom. The van der Waals surface area contributed by atoms with Crippen molar-refractivity contribution in [3.05, 3.63) is 18.0 Å². The van der Waals surface area contributed by atoms with Crippen LogP contribution in [0.3, 0.4) is 0 Å². The van der Waals surface area contributed by atoms with Crippen LogP contribution < -0.4 is 5.32 Å². The Labute approximate surface area is 138 Å². The molecule has 128 valence electrons. The van der Waals surface area contributed by atoms with Crippen molar-refractivity contribution in [3.63, 3.8) is 0 Å². The quantitative estimate of drug-likeness (QED) is 0.897. The fraction of sp³-hybridized carbons (Fsp3) is 0.706. The van der Waals surface area contributed by atoms with Crippen LogP contribution in [0.2, 0.25) is 0 Å². The van der Waals surface area contributed by atoms with Crippen molar-refractivity contribution in [2.24, 2.45) is 5.41 Å². The first-order valence-electron chi connectivity index (χ1n) is 8.30. The van der Waals surface area contributed by atoms with E-state index in [4.69, 9.17) is 0 Å². The van der Waals surface area contributed by atoms with Crippen LogP contribution in [0.1, 0.15) is 52.7 Å². The third-order valence-corrected chi connectivity index (χ3v) is 4.84. The van der Waals surface area contributed by atoms with Gasteiger partial charge in [-0.15, -0.1) is 0 Å². The molecule has 0 aliphatic carbocycles. The van der Waals surface area contributed by atoms with Gasteiger partial charge in [0.05, 0.1) is 5.69 Å². The van der Waals surface area contributed by atoms with Crippen LogP contribution in [0.5, 0.6) is 0 Å². The number of likely N-dealkylation sites (tertiary alicyclic amines) is 1. The second-order valence-electron chi connectivity index (χ2n) is 7.44. The number of nitrogens with zero attached hydrogens (tertiary/aromatic N) is 3. The Bertz CT molecular complexity index is 540. The number of aliphatic hydroxyl groups excluding tert-OH is 1. The van der Waals surface area contributed by atoms with E-state index in [-0.39, 0.29) is 23.5 Å². The molecule has 1 aliphatic rings. The molecule has 0 spiro atoms. The maximum Gasteiger partial charge on any atom is 0.324 e. The smallest absolute Gasteiger partial charge is 0.324 e. The number of carbonyl (C=O) groups is 1. The molecule has 1 aliphatic heterocycles. The van der Waals surface area contributed by atoms with Gasteiger partial charge in [0.1, 0.15) is 0 Å². The van der Waals surface area contributed by atoms with Crippen molar-refractivity contribution < 1.29 is 9.90 Å². The molecule has 1 aromatic heterocycles. The van der Waals surface area contributed by atoms with Crippen molar-refractivity contribution in [1.29, 1.82) is 0 Å². The van der Waals surface area contributed by atoms with Crippen molar-refractivity contribution in [2.75, 3.05) is 25.0 Å². The summed E-state index contributed by atoms with van der Waals surface area (Å²) in [6.07, 6.45) is 4.27. The summed E-state index contributed by atoms with van der Waals surface area (Å²) in [6, 6.07) is 1.70. The highest BCUT2D eigenvalue weighted by molar-refractivity contribution is 5.87.